The lowest BCUT2D eigenvalue weighted by Gasteiger charge is -2.14. The predicted molar refractivity (Wildman–Crippen MR) is 120 cm³/mol. The van der Waals surface area contributed by atoms with Crippen LogP contribution in [0.3, 0.4) is 0 Å². The summed E-state index contributed by atoms with van der Waals surface area (Å²) < 4.78 is 111. The molecule has 3 rings (SSSR count). The van der Waals surface area contributed by atoms with Crippen molar-refractivity contribution >= 4 is 38.4 Å². The molecule has 0 fully saturated rings. The number of hydrogen-bond acceptors (Lipinski definition) is 5. The summed E-state index contributed by atoms with van der Waals surface area (Å²) in [5.41, 5.74) is -0.0239. The Labute approximate surface area is 209 Å². The van der Waals surface area contributed by atoms with Crippen LogP contribution in [0.25, 0.3) is 0 Å². The Bertz CT molecular complexity index is 1450. The van der Waals surface area contributed by atoms with Crippen LogP contribution in [0.5, 0.6) is 5.75 Å². The summed E-state index contributed by atoms with van der Waals surface area (Å²) in [6, 6.07) is 8.52. The van der Waals surface area contributed by atoms with Crippen molar-refractivity contribution in [1.29, 1.82) is 0 Å². The molecule has 6 nitrogen and oxygen atoms in total. The molecule has 14 heteroatoms. The number of nitrogens with one attached hydrogen (secondary N) is 1. The largest absolute Gasteiger partial charge is 0.416 e. The Morgan fingerprint density at radius 2 is 1.47 bits per heavy atom. The molecule has 0 amide bonds. The molecule has 3 aromatic rings. The van der Waals surface area contributed by atoms with Crippen molar-refractivity contribution in [3.63, 3.8) is 0 Å². The van der Waals surface area contributed by atoms with Crippen LogP contribution in [-0.4, -0.2) is 24.9 Å². The molecule has 0 heterocycles. The minimum absolute atomic E-state index is 0.0730. The van der Waals surface area contributed by atoms with Gasteiger partial charge in [-0.2, -0.15) is 8.78 Å². The van der Waals surface area contributed by atoms with Crippen LogP contribution >= 0.6 is 11.6 Å². The summed E-state index contributed by atoms with van der Waals surface area (Å²) in [7, 11) is -5.60. The second-order valence-electron chi connectivity index (χ2n) is 7.38. The molecule has 0 aliphatic heterocycles. The third-order valence-electron chi connectivity index (χ3n) is 4.71. The van der Waals surface area contributed by atoms with Crippen molar-refractivity contribution in [2.45, 2.75) is 22.8 Å². The maximum atomic E-state index is 14.0. The molecule has 1 unspecified atom stereocenters. The third kappa shape index (κ3) is 5.91. The van der Waals surface area contributed by atoms with Crippen LogP contribution in [0.4, 0.5) is 22.0 Å². The molecule has 3 aromatic carbocycles. The lowest BCUT2D eigenvalue weighted by atomic mass is 10.1. The van der Waals surface area contributed by atoms with Crippen LogP contribution in [0.15, 0.2) is 52.3 Å². The maximum absolute atomic E-state index is 14.0. The van der Waals surface area contributed by atoms with Crippen LogP contribution in [0.1, 0.15) is 28.9 Å². The fourth-order valence-electron chi connectivity index (χ4n) is 3.04. The molecule has 0 radical (unpaired) electrons. The number of ether oxygens (including phenoxy) is 1. The predicted octanol–water partition coefficient (Wildman–Crippen LogP) is 5.03. The Hall–Kier alpha value is -2.87. The Kier molecular flexibility index (Phi) is 8.18. The van der Waals surface area contributed by atoms with Crippen LogP contribution in [0, 0.1) is 29.1 Å². The molecule has 0 saturated carbocycles. The van der Waals surface area contributed by atoms with Gasteiger partial charge in [-0.1, -0.05) is 23.7 Å². The van der Waals surface area contributed by atoms with Gasteiger partial charge in [0.1, 0.15) is 0 Å². The fraction of sp³-hybridized carbons (Fsp3) is 0.136. The first kappa shape index (κ1) is 27.7. The topological polar surface area (TPSA) is 89.5 Å². The molecule has 0 aromatic heterocycles. The summed E-state index contributed by atoms with van der Waals surface area (Å²) in [4.78, 5) is 12.6. The quantitative estimate of drug-likeness (QED) is 0.142. The van der Waals surface area contributed by atoms with Gasteiger partial charge in [0, 0.05) is 16.0 Å². The van der Waals surface area contributed by atoms with Gasteiger partial charge in [-0.25, -0.2) is 35.3 Å². The highest BCUT2D eigenvalue weighted by Crippen LogP contribution is 2.31. The summed E-state index contributed by atoms with van der Waals surface area (Å²) in [6.07, 6.45) is 0.987. The van der Waals surface area contributed by atoms with Gasteiger partial charge >= 0.3 is 5.97 Å². The normalized spacial score (nSPS) is 13.3. The Morgan fingerprint density at radius 1 is 0.944 bits per heavy atom. The molecule has 0 spiro atoms. The van der Waals surface area contributed by atoms with Gasteiger partial charge in [0.25, 0.3) is 0 Å². The summed E-state index contributed by atoms with van der Waals surface area (Å²) in [5.74, 6) is -15.2. The average molecular weight is 568 g/mol. The summed E-state index contributed by atoms with van der Waals surface area (Å²) in [5, 5.41) is -0.0730. The molecule has 2 atom stereocenters. The van der Waals surface area contributed by atoms with E-state index in [1.165, 1.54) is 30.3 Å². The van der Waals surface area contributed by atoms with E-state index in [1.54, 1.807) is 6.92 Å². The zero-order chi connectivity index (χ0) is 26.9. The van der Waals surface area contributed by atoms with Crippen molar-refractivity contribution in [2.24, 2.45) is 0 Å². The van der Waals surface area contributed by atoms with Gasteiger partial charge in [0.15, 0.2) is 0 Å². The smallest absolute Gasteiger partial charge is 0.345 e. The fourth-order valence-corrected chi connectivity index (χ4v) is 5.16. The Balaban J connectivity index is 1.96. The number of sulfonamides is 1. The number of esters is 1. The van der Waals surface area contributed by atoms with E-state index in [0.29, 0.717) is 5.56 Å². The number of carbonyl (C=O) groups excluding carboxylic acids is 1. The first-order valence-electron chi connectivity index (χ1n) is 9.73. The molecule has 0 bridgehead atoms. The molecule has 0 aliphatic rings. The lowest BCUT2D eigenvalue weighted by Crippen LogP contribution is -2.25. The van der Waals surface area contributed by atoms with Gasteiger partial charge in [-0.3, -0.25) is 0 Å². The molecular formula is C22H15ClF5NO5S2. The average Bonchev–Trinajstić information content (AvgIpc) is 2.82. The van der Waals surface area contributed by atoms with E-state index >= 15 is 0 Å². The van der Waals surface area contributed by atoms with Gasteiger partial charge in [-0.15, -0.1) is 0 Å². The standard InChI is InChI=1S/C22H15ClF5NO5S2/c1-10(29-36(2,32)33)11-3-6-13(7-4-11)35(31)15-8-5-12(23)9-14(15)22(30)34-21-19(27)17(25)16(24)18(26)20(21)28/h3-10,29H,1-2H3/t10-,35?/m0/s1. The monoisotopic (exact) mass is 567 g/mol. The zero-order valence-corrected chi connectivity index (χ0v) is 20.6. The number of benzene rings is 3. The van der Waals surface area contributed by atoms with E-state index in [2.05, 4.69) is 9.46 Å². The van der Waals surface area contributed by atoms with E-state index in [-0.39, 0.29) is 14.8 Å². The van der Waals surface area contributed by atoms with Crippen molar-refractivity contribution in [2.75, 3.05) is 6.26 Å². The number of rotatable bonds is 7. The molecule has 0 saturated heterocycles. The second-order valence-corrected chi connectivity index (χ2v) is 11.0. The van der Waals surface area contributed by atoms with E-state index in [0.717, 1.165) is 18.4 Å². The first-order valence-corrected chi connectivity index (χ1v) is 13.2. The Morgan fingerprint density at radius 3 is 2.00 bits per heavy atom. The van der Waals surface area contributed by atoms with Gasteiger partial charge in [-0.05, 0) is 42.8 Å². The van der Waals surface area contributed by atoms with Crippen LogP contribution < -0.4 is 9.46 Å². The molecular weight excluding hydrogens is 553 g/mol. The summed E-state index contributed by atoms with van der Waals surface area (Å²) >= 11 is 5.88. The van der Waals surface area contributed by atoms with Gasteiger partial charge in [0.05, 0.1) is 27.5 Å². The van der Waals surface area contributed by atoms with Gasteiger partial charge < -0.3 is 4.74 Å². The second kappa shape index (κ2) is 10.6. The van der Waals surface area contributed by atoms with Gasteiger partial charge in [0.2, 0.25) is 44.9 Å². The number of hydrogen-bond donors (Lipinski definition) is 1. The SMILES string of the molecule is C[C@H](NS(C)(=O)=O)c1ccc(S(=O)c2ccc(Cl)cc2C(=O)Oc2c(F)c(F)c(F)c(F)c2F)cc1. The maximum Gasteiger partial charge on any atom is 0.345 e. The third-order valence-corrected chi connectivity index (χ3v) is 7.18. The van der Waals surface area contributed by atoms with Crippen LogP contribution in [-0.2, 0) is 20.8 Å². The minimum Gasteiger partial charge on any atom is -0.416 e. The van der Waals surface area contributed by atoms with E-state index in [1.807, 2.05) is 0 Å². The van der Waals surface area contributed by atoms with Crippen molar-refractivity contribution in [3.05, 3.63) is 87.7 Å². The zero-order valence-electron chi connectivity index (χ0n) is 18.2. The van der Waals surface area contributed by atoms with Crippen molar-refractivity contribution in [1.82, 2.24) is 4.72 Å². The van der Waals surface area contributed by atoms with E-state index in [4.69, 9.17) is 11.6 Å². The molecule has 192 valence electrons. The molecule has 1 N–H and O–H groups in total. The molecule has 0 aliphatic carbocycles. The first-order chi connectivity index (χ1) is 16.7. The highest BCUT2D eigenvalue weighted by Gasteiger charge is 2.30. The highest BCUT2D eigenvalue weighted by atomic mass is 35.5. The van der Waals surface area contributed by atoms with E-state index in [9.17, 15) is 39.4 Å². The van der Waals surface area contributed by atoms with Crippen molar-refractivity contribution < 1.29 is 44.1 Å². The van der Waals surface area contributed by atoms with E-state index < -0.39 is 73.2 Å². The van der Waals surface area contributed by atoms with Crippen molar-refractivity contribution in [3.8, 4) is 5.75 Å². The van der Waals surface area contributed by atoms with Crippen LogP contribution in [0.2, 0.25) is 5.02 Å². The minimum atomic E-state index is -3.50. The lowest BCUT2D eigenvalue weighted by molar-refractivity contribution is 0.0712. The number of halogens is 6. The summed E-state index contributed by atoms with van der Waals surface area (Å²) in [6.45, 7) is 1.58. The number of carbonyl (C=O) groups is 1. The molecule has 36 heavy (non-hydrogen) atoms. The highest BCUT2D eigenvalue weighted by molar-refractivity contribution is 7.88.